The molecule has 0 amide bonds. The fourth-order valence-electron chi connectivity index (χ4n) is 1.89. The number of hydrogen-bond donors (Lipinski definition) is 0. The van der Waals surface area contributed by atoms with E-state index in [-0.39, 0.29) is 11.4 Å². The van der Waals surface area contributed by atoms with Crippen molar-refractivity contribution in [2.75, 3.05) is 7.05 Å². The monoisotopic (exact) mass is 223 g/mol. The summed E-state index contributed by atoms with van der Waals surface area (Å²) < 4.78 is 13.1. The molecule has 0 fully saturated rings. The molecule has 0 saturated heterocycles. The molecule has 0 aromatic heterocycles. The fraction of sp³-hybridized carbons (Fsp3) is 0.571. The van der Waals surface area contributed by atoms with E-state index >= 15 is 0 Å². The molecule has 16 heavy (non-hydrogen) atoms. The van der Waals surface area contributed by atoms with E-state index in [0.717, 1.165) is 24.9 Å². The third-order valence-electron chi connectivity index (χ3n) is 3.75. The van der Waals surface area contributed by atoms with Crippen LogP contribution in [-0.2, 0) is 6.54 Å². The van der Waals surface area contributed by atoms with Gasteiger partial charge in [-0.3, -0.25) is 4.90 Å². The summed E-state index contributed by atoms with van der Waals surface area (Å²) in [6.07, 6.45) is 2.21. The maximum absolute atomic E-state index is 13.1. The van der Waals surface area contributed by atoms with Gasteiger partial charge in [-0.05, 0) is 44.5 Å². The molecule has 0 N–H and O–H groups in total. The standard InChI is InChI=1S/C14H22FN/c1-5-14(3,6-2)16(4)11-12-8-7-9-13(15)10-12/h7-10H,5-6,11H2,1-4H3. The second-order valence-electron chi connectivity index (χ2n) is 4.69. The molecule has 0 heterocycles. The van der Waals surface area contributed by atoms with Crippen LogP contribution in [-0.4, -0.2) is 17.5 Å². The van der Waals surface area contributed by atoms with E-state index in [4.69, 9.17) is 0 Å². The van der Waals surface area contributed by atoms with Crippen molar-refractivity contribution in [2.24, 2.45) is 0 Å². The molecule has 0 saturated carbocycles. The molecule has 90 valence electrons. The fourth-order valence-corrected chi connectivity index (χ4v) is 1.89. The zero-order valence-corrected chi connectivity index (χ0v) is 10.8. The molecule has 1 aromatic rings. The van der Waals surface area contributed by atoms with E-state index in [9.17, 15) is 4.39 Å². The van der Waals surface area contributed by atoms with Gasteiger partial charge in [0.2, 0.25) is 0 Å². The van der Waals surface area contributed by atoms with Crippen molar-refractivity contribution < 1.29 is 4.39 Å². The number of hydrogen-bond acceptors (Lipinski definition) is 1. The van der Waals surface area contributed by atoms with E-state index in [1.54, 1.807) is 12.1 Å². The lowest BCUT2D eigenvalue weighted by molar-refractivity contribution is 0.119. The van der Waals surface area contributed by atoms with Crippen LogP contribution in [0.15, 0.2) is 24.3 Å². The Morgan fingerprint density at radius 1 is 1.25 bits per heavy atom. The lowest BCUT2D eigenvalue weighted by atomic mass is 9.93. The second kappa shape index (κ2) is 5.44. The summed E-state index contributed by atoms with van der Waals surface area (Å²) >= 11 is 0. The van der Waals surface area contributed by atoms with E-state index in [2.05, 4.69) is 32.7 Å². The second-order valence-corrected chi connectivity index (χ2v) is 4.69. The number of halogens is 1. The topological polar surface area (TPSA) is 3.24 Å². The summed E-state index contributed by atoms with van der Waals surface area (Å²) in [6.45, 7) is 7.46. The highest BCUT2D eigenvalue weighted by Gasteiger charge is 2.24. The highest BCUT2D eigenvalue weighted by Crippen LogP contribution is 2.23. The molecule has 0 unspecified atom stereocenters. The molecule has 0 spiro atoms. The van der Waals surface area contributed by atoms with Crippen LogP contribution in [0.5, 0.6) is 0 Å². The first-order valence-electron chi connectivity index (χ1n) is 5.97. The Bertz CT molecular complexity index is 331. The van der Waals surface area contributed by atoms with Crippen LogP contribution in [0.2, 0.25) is 0 Å². The Kier molecular flexibility index (Phi) is 4.48. The number of benzene rings is 1. The quantitative estimate of drug-likeness (QED) is 0.733. The van der Waals surface area contributed by atoms with Crippen LogP contribution in [0, 0.1) is 5.82 Å². The van der Waals surface area contributed by atoms with Crippen LogP contribution < -0.4 is 0 Å². The van der Waals surface area contributed by atoms with E-state index in [1.807, 2.05) is 6.07 Å². The summed E-state index contributed by atoms with van der Waals surface area (Å²) in [7, 11) is 2.11. The lowest BCUT2D eigenvalue weighted by Gasteiger charge is -2.37. The van der Waals surface area contributed by atoms with Gasteiger partial charge in [0.05, 0.1) is 0 Å². The van der Waals surface area contributed by atoms with Gasteiger partial charge in [-0.1, -0.05) is 26.0 Å². The Morgan fingerprint density at radius 3 is 2.38 bits per heavy atom. The average molecular weight is 223 g/mol. The van der Waals surface area contributed by atoms with Crippen molar-refractivity contribution in [3.63, 3.8) is 0 Å². The van der Waals surface area contributed by atoms with Gasteiger partial charge in [-0.25, -0.2) is 4.39 Å². The summed E-state index contributed by atoms with van der Waals surface area (Å²) in [4.78, 5) is 2.31. The average Bonchev–Trinajstić information content (AvgIpc) is 2.28. The highest BCUT2D eigenvalue weighted by molar-refractivity contribution is 5.16. The van der Waals surface area contributed by atoms with Crippen LogP contribution in [0.4, 0.5) is 4.39 Å². The molecule has 0 atom stereocenters. The van der Waals surface area contributed by atoms with Crippen LogP contribution in [0.1, 0.15) is 39.2 Å². The molecule has 0 aliphatic rings. The Balaban J connectivity index is 2.74. The predicted octanol–water partition coefficient (Wildman–Crippen LogP) is 3.84. The van der Waals surface area contributed by atoms with Crippen molar-refractivity contribution in [1.29, 1.82) is 0 Å². The predicted molar refractivity (Wildman–Crippen MR) is 66.9 cm³/mol. The van der Waals surface area contributed by atoms with Gasteiger partial charge < -0.3 is 0 Å². The first-order chi connectivity index (χ1) is 7.51. The third-order valence-corrected chi connectivity index (χ3v) is 3.75. The van der Waals surface area contributed by atoms with E-state index in [1.165, 1.54) is 6.07 Å². The first kappa shape index (κ1) is 13.2. The normalized spacial score (nSPS) is 12.1. The van der Waals surface area contributed by atoms with Crippen molar-refractivity contribution in [3.05, 3.63) is 35.6 Å². The number of nitrogens with zero attached hydrogens (tertiary/aromatic N) is 1. The van der Waals surface area contributed by atoms with Gasteiger partial charge in [-0.2, -0.15) is 0 Å². The van der Waals surface area contributed by atoms with Crippen molar-refractivity contribution in [1.82, 2.24) is 4.90 Å². The molecule has 0 aliphatic carbocycles. The van der Waals surface area contributed by atoms with Gasteiger partial charge >= 0.3 is 0 Å². The van der Waals surface area contributed by atoms with Gasteiger partial charge in [0.25, 0.3) is 0 Å². The van der Waals surface area contributed by atoms with E-state index in [0.29, 0.717) is 0 Å². The minimum Gasteiger partial charge on any atom is -0.297 e. The van der Waals surface area contributed by atoms with Gasteiger partial charge in [0.1, 0.15) is 5.82 Å². The Hall–Kier alpha value is -0.890. The van der Waals surface area contributed by atoms with Crippen molar-refractivity contribution in [3.8, 4) is 0 Å². The minimum absolute atomic E-state index is 0.152. The van der Waals surface area contributed by atoms with Gasteiger partial charge in [0.15, 0.2) is 0 Å². The zero-order chi connectivity index (χ0) is 12.2. The van der Waals surface area contributed by atoms with E-state index < -0.39 is 0 Å². The molecule has 1 nitrogen and oxygen atoms in total. The zero-order valence-electron chi connectivity index (χ0n) is 10.8. The molecular formula is C14H22FN. The SMILES string of the molecule is CCC(C)(CC)N(C)Cc1cccc(F)c1. The molecule has 0 radical (unpaired) electrons. The third kappa shape index (κ3) is 3.05. The minimum atomic E-state index is -0.152. The smallest absolute Gasteiger partial charge is 0.123 e. The molecular weight excluding hydrogens is 201 g/mol. The summed E-state index contributed by atoms with van der Waals surface area (Å²) in [5, 5.41) is 0. The molecule has 1 rings (SSSR count). The first-order valence-corrected chi connectivity index (χ1v) is 5.97. The maximum Gasteiger partial charge on any atom is 0.123 e. The van der Waals surface area contributed by atoms with Crippen LogP contribution >= 0.6 is 0 Å². The van der Waals surface area contributed by atoms with Crippen molar-refractivity contribution >= 4 is 0 Å². The summed E-state index contributed by atoms with van der Waals surface area (Å²) in [5.74, 6) is -0.152. The Labute approximate surface area is 98.3 Å². The highest BCUT2D eigenvalue weighted by atomic mass is 19.1. The summed E-state index contributed by atoms with van der Waals surface area (Å²) in [6, 6.07) is 6.85. The molecule has 0 bridgehead atoms. The maximum atomic E-state index is 13.1. The van der Waals surface area contributed by atoms with Gasteiger partial charge in [-0.15, -0.1) is 0 Å². The molecule has 1 aromatic carbocycles. The van der Waals surface area contributed by atoms with Gasteiger partial charge in [0, 0.05) is 12.1 Å². The molecule has 0 aliphatic heterocycles. The van der Waals surface area contributed by atoms with Crippen LogP contribution in [0.3, 0.4) is 0 Å². The van der Waals surface area contributed by atoms with Crippen molar-refractivity contribution in [2.45, 2.75) is 45.7 Å². The van der Waals surface area contributed by atoms with Crippen LogP contribution in [0.25, 0.3) is 0 Å². The molecule has 2 heteroatoms. The number of rotatable bonds is 5. The Morgan fingerprint density at radius 2 is 1.88 bits per heavy atom. The lowest BCUT2D eigenvalue weighted by Crippen LogP contribution is -2.42. The largest absolute Gasteiger partial charge is 0.297 e. The summed E-state index contributed by atoms with van der Waals surface area (Å²) in [5.41, 5.74) is 1.24.